The van der Waals surface area contributed by atoms with Gasteiger partial charge in [0.1, 0.15) is 0 Å². The molecule has 1 aromatic rings. The lowest BCUT2D eigenvalue weighted by molar-refractivity contribution is -0.122. The maximum atomic E-state index is 12.8. The van der Waals surface area contributed by atoms with Crippen LogP contribution in [0.4, 0.5) is 5.69 Å². The van der Waals surface area contributed by atoms with E-state index < -0.39 is 9.71 Å². The fraction of sp³-hybridized carbons (Fsp3) is 0.273. The maximum absolute atomic E-state index is 12.8. The Balaban J connectivity index is 0. The zero-order valence-electron chi connectivity index (χ0n) is 17.0. The first kappa shape index (κ1) is 26.7. The molecule has 0 amide bonds. The Labute approximate surface area is 165 Å². The van der Waals surface area contributed by atoms with Crippen molar-refractivity contribution < 1.29 is 14.1 Å². The predicted octanol–water partition coefficient (Wildman–Crippen LogP) is 5.83. The lowest BCUT2D eigenvalue weighted by atomic mass is 10.2. The first-order valence-electron chi connectivity index (χ1n) is 9.02. The Morgan fingerprint density at radius 1 is 1.15 bits per heavy atom. The highest BCUT2D eigenvalue weighted by Gasteiger charge is 2.10. The van der Waals surface area contributed by atoms with Crippen LogP contribution in [-0.4, -0.2) is 21.7 Å². The van der Waals surface area contributed by atoms with Gasteiger partial charge in [-0.15, -0.1) is 0 Å². The molecule has 1 atom stereocenters. The molecule has 0 fully saturated rings. The number of carbonyl (C=O) groups is 1. The van der Waals surface area contributed by atoms with Crippen LogP contribution in [0.25, 0.3) is 0 Å². The molecule has 0 aromatic heterocycles. The van der Waals surface area contributed by atoms with Gasteiger partial charge < -0.3 is 9.83 Å². The molecule has 0 spiro atoms. The third-order valence-electron chi connectivity index (χ3n) is 2.88. The molecule has 0 aliphatic heterocycles. The second-order valence-corrected chi connectivity index (χ2v) is 6.66. The lowest BCUT2D eigenvalue weighted by Crippen LogP contribution is -2.13. The summed E-state index contributed by atoms with van der Waals surface area (Å²) in [6.45, 7) is 9.72. The van der Waals surface area contributed by atoms with E-state index in [-0.39, 0.29) is 6.47 Å². The highest BCUT2D eigenvalue weighted by molar-refractivity contribution is 8.05. The molecule has 150 valence electrons. The van der Waals surface area contributed by atoms with Crippen molar-refractivity contribution in [2.75, 3.05) is 4.72 Å². The predicted molar refractivity (Wildman–Crippen MR) is 121 cm³/mol. The summed E-state index contributed by atoms with van der Waals surface area (Å²) in [6.07, 6.45) is 12.7. The number of anilines is 1. The van der Waals surface area contributed by atoms with Crippen LogP contribution in [-0.2, 0) is 14.5 Å². The average molecular weight is 392 g/mol. The normalized spacial score (nSPS) is 14.3. The number of rotatable bonds is 4. The van der Waals surface area contributed by atoms with Crippen molar-refractivity contribution in [2.24, 2.45) is 0 Å². The van der Waals surface area contributed by atoms with Crippen LogP contribution in [0.1, 0.15) is 41.0 Å². The molecule has 4 nitrogen and oxygen atoms in total. The van der Waals surface area contributed by atoms with E-state index in [4.69, 9.17) is 9.90 Å². The van der Waals surface area contributed by atoms with Gasteiger partial charge in [0.25, 0.3) is 6.47 Å². The average Bonchev–Trinajstić information content (AvgIpc) is 2.93. The molecule has 0 radical (unpaired) electrons. The lowest BCUT2D eigenvalue weighted by Gasteiger charge is -2.13. The van der Waals surface area contributed by atoms with E-state index in [1.165, 1.54) is 0 Å². The third-order valence-corrected chi connectivity index (χ3v) is 4.46. The fourth-order valence-corrected chi connectivity index (χ4v) is 3.21. The summed E-state index contributed by atoms with van der Waals surface area (Å²) in [5.41, 5.74) is 1.86. The number of benzene rings is 1. The van der Waals surface area contributed by atoms with E-state index in [0.717, 1.165) is 17.7 Å². The Kier molecular flexibility index (Phi) is 16.7. The minimum atomic E-state index is -2.56. The molecule has 2 N–H and O–H groups in total. The number of para-hydroxylation sites is 1. The molecule has 5 heteroatoms. The minimum Gasteiger partial charge on any atom is -0.483 e. The molecule has 27 heavy (non-hydrogen) atoms. The van der Waals surface area contributed by atoms with Crippen molar-refractivity contribution in [2.45, 2.75) is 41.0 Å². The Hall–Kier alpha value is -2.53. The summed E-state index contributed by atoms with van der Waals surface area (Å²) in [7, 11) is -2.56. The van der Waals surface area contributed by atoms with E-state index in [0.29, 0.717) is 4.91 Å². The van der Waals surface area contributed by atoms with Crippen LogP contribution in [0.2, 0.25) is 0 Å². The van der Waals surface area contributed by atoms with Crippen molar-refractivity contribution in [3.63, 3.8) is 0 Å². The number of hydrogen-bond donors (Lipinski definition) is 2. The van der Waals surface area contributed by atoms with Crippen molar-refractivity contribution in [1.82, 2.24) is 0 Å². The van der Waals surface area contributed by atoms with E-state index >= 15 is 0 Å². The molecule has 1 aromatic carbocycles. The number of carboxylic acid groups (broad SMARTS) is 1. The first-order chi connectivity index (χ1) is 13.0. The molecule has 0 saturated heterocycles. The minimum absolute atomic E-state index is 0.250. The smallest absolute Gasteiger partial charge is 0.290 e. The van der Waals surface area contributed by atoms with E-state index in [1.807, 2.05) is 95.3 Å². The van der Waals surface area contributed by atoms with Gasteiger partial charge in [0.2, 0.25) is 0 Å². The van der Waals surface area contributed by atoms with Gasteiger partial charge in [-0.25, -0.2) is 4.21 Å². The zero-order valence-corrected chi connectivity index (χ0v) is 17.8. The van der Waals surface area contributed by atoms with Gasteiger partial charge in [-0.2, -0.15) is 0 Å². The van der Waals surface area contributed by atoms with E-state index in [2.05, 4.69) is 16.7 Å². The molecule has 1 aliphatic carbocycles. The maximum Gasteiger partial charge on any atom is 0.290 e. The van der Waals surface area contributed by atoms with Crippen LogP contribution in [0, 0.1) is 0 Å². The summed E-state index contributed by atoms with van der Waals surface area (Å²) in [4.78, 5) is 9.07. The van der Waals surface area contributed by atoms with Gasteiger partial charge in [0, 0.05) is 10.6 Å². The van der Waals surface area contributed by atoms with Crippen molar-refractivity contribution in [1.29, 1.82) is 0 Å². The quantitative estimate of drug-likeness (QED) is 0.501. The summed E-state index contributed by atoms with van der Waals surface area (Å²) >= 11 is 0. The molecule has 2 rings (SSSR count). The van der Waals surface area contributed by atoms with Crippen LogP contribution >= 0.6 is 0 Å². The molecule has 0 saturated carbocycles. The Morgan fingerprint density at radius 2 is 1.70 bits per heavy atom. The number of hydrogen-bond acceptors (Lipinski definition) is 2. The molecular formula is C22H33NO3S. The van der Waals surface area contributed by atoms with Crippen LogP contribution in [0.5, 0.6) is 0 Å². The van der Waals surface area contributed by atoms with Crippen molar-refractivity contribution in [3.05, 3.63) is 77.3 Å². The molecular weight excluding hydrogens is 358 g/mol. The highest BCUT2D eigenvalue weighted by atomic mass is 32.2. The zero-order chi connectivity index (χ0) is 21.1. The van der Waals surface area contributed by atoms with Gasteiger partial charge in [-0.1, -0.05) is 70.2 Å². The topological polar surface area (TPSA) is 66.4 Å². The second kappa shape index (κ2) is 16.9. The summed E-state index contributed by atoms with van der Waals surface area (Å²) in [6, 6.07) is 9.50. The third kappa shape index (κ3) is 11.7. The SMILES string of the molecule is C=S(=O)(Nc1ccccc1)C1=CC(/C=C/C)=CCC=C1.CC.CC.O=CO. The Bertz CT molecular complexity index is 728. The van der Waals surface area contributed by atoms with Gasteiger partial charge in [0.15, 0.2) is 0 Å². The Morgan fingerprint density at radius 3 is 2.22 bits per heavy atom. The monoisotopic (exact) mass is 391 g/mol. The second-order valence-electron chi connectivity index (χ2n) is 4.64. The number of nitrogens with one attached hydrogen (secondary N) is 1. The van der Waals surface area contributed by atoms with Crippen LogP contribution < -0.4 is 4.72 Å². The van der Waals surface area contributed by atoms with Gasteiger partial charge in [0.05, 0.1) is 9.71 Å². The summed E-state index contributed by atoms with van der Waals surface area (Å²) < 4.78 is 15.8. The van der Waals surface area contributed by atoms with Crippen molar-refractivity contribution >= 4 is 27.7 Å². The van der Waals surface area contributed by atoms with Crippen molar-refractivity contribution in [3.8, 4) is 0 Å². The molecule has 0 bridgehead atoms. The van der Waals surface area contributed by atoms with Gasteiger partial charge >= 0.3 is 0 Å². The highest BCUT2D eigenvalue weighted by Crippen LogP contribution is 2.20. The van der Waals surface area contributed by atoms with E-state index in [1.54, 1.807) is 0 Å². The molecule has 1 unspecified atom stereocenters. The van der Waals surface area contributed by atoms with E-state index in [9.17, 15) is 4.21 Å². The molecule has 0 heterocycles. The van der Waals surface area contributed by atoms with Crippen LogP contribution in [0.15, 0.2) is 77.3 Å². The standard InChI is InChI=1S/C17H19NOS.2C2H6.CH2O2/c1-3-9-15-10-7-8-13-17(14-15)20(2,19)18-16-11-5-4-6-12-16;2*1-2;2-1-3/h3-6,8-14H,2,7H2,1H3,(H,18,19);2*1-2H3;1H,(H,2,3)/b9-3+;;;. The number of allylic oxidation sites excluding steroid dienone is 7. The summed E-state index contributed by atoms with van der Waals surface area (Å²) in [5.74, 6) is 3.87. The molecule has 1 aliphatic rings. The van der Waals surface area contributed by atoms with Gasteiger partial charge in [-0.05, 0) is 49.1 Å². The first-order valence-corrected chi connectivity index (χ1v) is 10.7. The van der Waals surface area contributed by atoms with Crippen LogP contribution in [0.3, 0.4) is 0 Å². The summed E-state index contributed by atoms with van der Waals surface area (Å²) in [5, 5.41) is 6.89. The van der Waals surface area contributed by atoms with Gasteiger partial charge in [-0.3, -0.25) is 4.79 Å². The largest absolute Gasteiger partial charge is 0.483 e. The fourth-order valence-electron chi connectivity index (χ4n) is 1.93.